The standard InChI is InChI=1S/C18H18Cl2FN3O/c19-13-1-6-16(20)17(11-13)22-12-18(25)24-9-7-23(8-10-24)15-4-2-14(21)3-5-15/h1-6,11,22H,7-10,12H2. The summed E-state index contributed by atoms with van der Waals surface area (Å²) in [5.74, 6) is -0.238. The molecule has 0 radical (unpaired) electrons. The summed E-state index contributed by atoms with van der Waals surface area (Å²) in [6.07, 6.45) is 0. The molecule has 0 atom stereocenters. The molecule has 1 amide bonds. The topological polar surface area (TPSA) is 35.6 Å². The minimum Gasteiger partial charge on any atom is -0.375 e. The molecule has 0 saturated carbocycles. The molecule has 1 N–H and O–H groups in total. The summed E-state index contributed by atoms with van der Waals surface area (Å²) in [4.78, 5) is 16.3. The first-order valence-corrected chi connectivity index (χ1v) is 8.76. The average Bonchev–Trinajstić information content (AvgIpc) is 2.63. The van der Waals surface area contributed by atoms with Gasteiger partial charge in [-0.2, -0.15) is 0 Å². The van der Waals surface area contributed by atoms with E-state index in [9.17, 15) is 9.18 Å². The van der Waals surface area contributed by atoms with Gasteiger partial charge in [-0.25, -0.2) is 4.39 Å². The first-order chi connectivity index (χ1) is 12.0. The van der Waals surface area contributed by atoms with Crippen LogP contribution in [0.3, 0.4) is 0 Å². The first kappa shape index (κ1) is 17.8. The Labute approximate surface area is 156 Å². The lowest BCUT2D eigenvalue weighted by molar-refractivity contribution is -0.129. The summed E-state index contributed by atoms with van der Waals surface area (Å²) in [6, 6.07) is 11.5. The lowest BCUT2D eigenvalue weighted by Gasteiger charge is -2.36. The zero-order valence-corrected chi connectivity index (χ0v) is 15.0. The average molecular weight is 382 g/mol. The first-order valence-electron chi connectivity index (χ1n) is 8.00. The van der Waals surface area contributed by atoms with E-state index < -0.39 is 0 Å². The summed E-state index contributed by atoms with van der Waals surface area (Å²) >= 11 is 12.0. The highest BCUT2D eigenvalue weighted by Gasteiger charge is 2.21. The highest BCUT2D eigenvalue weighted by Crippen LogP contribution is 2.25. The smallest absolute Gasteiger partial charge is 0.241 e. The Morgan fingerprint density at radius 1 is 1.04 bits per heavy atom. The fraction of sp³-hybridized carbons (Fsp3) is 0.278. The van der Waals surface area contributed by atoms with Crippen LogP contribution in [0.25, 0.3) is 0 Å². The number of hydrogen-bond donors (Lipinski definition) is 1. The van der Waals surface area contributed by atoms with Gasteiger partial charge in [0, 0.05) is 36.9 Å². The van der Waals surface area contributed by atoms with Gasteiger partial charge in [0.05, 0.1) is 17.3 Å². The van der Waals surface area contributed by atoms with Gasteiger partial charge >= 0.3 is 0 Å². The molecule has 1 aliphatic rings. The number of halogens is 3. The molecule has 7 heteroatoms. The van der Waals surface area contributed by atoms with Crippen LogP contribution in [0.1, 0.15) is 0 Å². The molecular formula is C18H18Cl2FN3O. The van der Waals surface area contributed by atoms with Crippen molar-refractivity contribution in [1.82, 2.24) is 4.90 Å². The molecule has 1 heterocycles. The summed E-state index contributed by atoms with van der Waals surface area (Å²) < 4.78 is 13.0. The molecule has 132 valence electrons. The predicted octanol–water partition coefficient (Wildman–Crippen LogP) is 3.89. The Morgan fingerprint density at radius 3 is 2.40 bits per heavy atom. The van der Waals surface area contributed by atoms with Crippen molar-refractivity contribution in [2.24, 2.45) is 0 Å². The number of rotatable bonds is 4. The Kier molecular flexibility index (Phi) is 5.66. The molecule has 1 saturated heterocycles. The Balaban J connectivity index is 1.51. The SMILES string of the molecule is O=C(CNc1cc(Cl)ccc1Cl)N1CCN(c2ccc(F)cc2)CC1. The molecule has 0 spiro atoms. The molecule has 2 aromatic rings. The maximum absolute atomic E-state index is 13.0. The van der Waals surface area contributed by atoms with Crippen LogP contribution in [-0.2, 0) is 4.79 Å². The van der Waals surface area contributed by atoms with Crippen molar-refractivity contribution >= 4 is 40.5 Å². The minimum atomic E-state index is -0.247. The maximum atomic E-state index is 13.0. The number of anilines is 2. The van der Waals surface area contributed by atoms with Crippen molar-refractivity contribution in [3.8, 4) is 0 Å². The highest BCUT2D eigenvalue weighted by atomic mass is 35.5. The second-order valence-electron chi connectivity index (χ2n) is 5.82. The fourth-order valence-corrected chi connectivity index (χ4v) is 3.14. The van der Waals surface area contributed by atoms with Gasteiger partial charge in [0.15, 0.2) is 0 Å². The molecule has 3 rings (SSSR count). The zero-order valence-electron chi connectivity index (χ0n) is 13.5. The second kappa shape index (κ2) is 7.93. The van der Waals surface area contributed by atoms with E-state index in [2.05, 4.69) is 10.2 Å². The normalized spacial score (nSPS) is 14.5. The molecule has 25 heavy (non-hydrogen) atoms. The molecule has 0 bridgehead atoms. The molecule has 2 aromatic carbocycles. The van der Waals surface area contributed by atoms with Gasteiger partial charge in [0.25, 0.3) is 0 Å². The van der Waals surface area contributed by atoms with Crippen LogP contribution in [0, 0.1) is 5.82 Å². The van der Waals surface area contributed by atoms with Gasteiger partial charge < -0.3 is 15.1 Å². The maximum Gasteiger partial charge on any atom is 0.241 e. The fourth-order valence-electron chi connectivity index (χ4n) is 2.78. The number of piperazine rings is 1. The number of nitrogens with zero attached hydrogens (tertiary/aromatic N) is 2. The van der Waals surface area contributed by atoms with Crippen LogP contribution < -0.4 is 10.2 Å². The number of carbonyl (C=O) groups is 1. The van der Waals surface area contributed by atoms with Crippen LogP contribution in [0.2, 0.25) is 10.0 Å². The van der Waals surface area contributed by atoms with E-state index in [0.717, 1.165) is 18.8 Å². The van der Waals surface area contributed by atoms with E-state index in [1.807, 2.05) is 4.90 Å². The summed E-state index contributed by atoms with van der Waals surface area (Å²) in [5, 5.41) is 4.13. The van der Waals surface area contributed by atoms with Crippen molar-refractivity contribution in [3.05, 3.63) is 58.3 Å². The number of benzene rings is 2. The van der Waals surface area contributed by atoms with E-state index >= 15 is 0 Å². The zero-order chi connectivity index (χ0) is 17.8. The number of carbonyl (C=O) groups excluding carboxylic acids is 1. The third-order valence-corrected chi connectivity index (χ3v) is 4.75. The van der Waals surface area contributed by atoms with Gasteiger partial charge in [-0.3, -0.25) is 4.79 Å². The number of hydrogen-bond acceptors (Lipinski definition) is 3. The monoisotopic (exact) mass is 381 g/mol. The number of nitrogens with one attached hydrogen (secondary N) is 1. The van der Waals surface area contributed by atoms with Crippen molar-refractivity contribution in [2.75, 3.05) is 42.9 Å². The molecule has 0 aromatic heterocycles. The van der Waals surface area contributed by atoms with E-state index in [1.54, 1.807) is 30.3 Å². The third-order valence-electron chi connectivity index (χ3n) is 4.18. The van der Waals surface area contributed by atoms with E-state index in [0.29, 0.717) is 28.8 Å². The molecular weight excluding hydrogens is 364 g/mol. The molecule has 0 unspecified atom stereocenters. The highest BCUT2D eigenvalue weighted by molar-refractivity contribution is 6.35. The Bertz CT molecular complexity index is 746. The Hall–Kier alpha value is -1.98. The van der Waals surface area contributed by atoms with Gasteiger partial charge in [0.2, 0.25) is 5.91 Å². The van der Waals surface area contributed by atoms with Gasteiger partial charge in [0.1, 0.15) is 5.82 Å². The molecule has 1 aliphatic heterocycles. The second-order valence-corrected chi connectivity index (χ2v) is 6.67. The molecule has 1 fully saturated rings. The van der Waals surface area contributed by atoms with Crippen LogP contribution in [0.5, 0.6) is 0 Å². The summed E-state index contributed by atoms with van der Waals surface area (Å²) in [7, 11) is 0. The Morgan fingerprint density at radius 2 is 1.72 bits per heavy atom. The van der Waals surface area contributed by atoms with Gasteiger partial charge in [-0.15, -0.1) is 0 Å². The van der Waals surface area contributed by atoms with Crippen molar-refractivity contribution < 1.29 is 9.18 Å². The van der Waals surface area contributed by atoms with E-state index in [1.165, 1.54) is 12.1 Å². The van der Waals surface area contributed by atoms with Crippen molar-refractivity contribution in [1.29, 1.82) is 0 Å². The minimum absolute atomic E-state index is 0.00907. The quantitative estimate of drug-likeness (QED) is 0.872. The molecule has 4 nitrogen and oxygen atoms in total. The van der Waals surface area contributed by atoms with Crippen molar-refractivity contribution in [2.45, 2.75) is 0 Å². The van der Waals surface area contributed by atoms with Crippen LogP contribution in [0.4, 0.5) is 15.8 Å². The van der Waals surface area contributed by atoms with Gasteiger partial charge in [-0.05, 0) is 42.5 Å². The third kappa shape index (κ3) is 4.55. The van der Waals surface area contributed by atoms with Crippen molar-refractivity contribution in [3.63, 3.8) is 0 Å². The molecule has 0 aliphatic carbocycles. The lowest BCUT2D eigenvalue weighted by atomic mass is 10.2. The predicted molar refractivity (Wildman–Crippen MR) is 100 cm³/mol. The largest absolute Gasteiger partial charge is 0.375 e. The van der Waals surface area contributed by atoms with Crippen LogP contribution in [-0.4, -0.2) is 43.5 Å². The van der Waals surface area contributed by atoms with E-state index in [4.69, 9.17) is 23.2 Å². The number of amides is 1. The van der Waals surface area contributed by atoms with E-state index in [-0.39, 0.29) is 18.3 Å². The van der Waals surface area contributed by atoms with Gasteiger partial charge in [-0.1, -0.05) is 23.2 Å². The van der Waals surface area contributed by atoms with Crippen LogP contribution >= 0.6 is 23.2 Å². The lowest BCUT2D eigenvalue weighted by Crippen LogP contribution is -2.50. The van der Waals surface area contributed by atoms with Crippen LogP contribution in [0.15, 0.2) is 42.5 Å². The summed E-state index contributed by atoms with van der Waals surface area (Å²) in [5.41, 5.74) is 1.62. The summed E-state index contributed by atoms with van der Waals surface area (Å²) in [6.45, 7) is 2.85.